The molecule has 2 aromatic heterocycles. The van der Waals surface area contributed by atoms with Gasteiger partial charge in [-0.1, -0.05) is 12.8 Å². The van der Waals surface area contributed by atoms with Crippen LogP contribution in [0.15, 0.2) is 6.07 Å². The van der Waals surface area contributed by atoms with Gasteiger partial charge in [0.1, 0.15) is 5.69 Å². The Morgan fingerprint density at radius 3 is 2.26 bits per heavy atom. The monoisotopic (exact) mass is 427 g/mol. The summed E-state index contributed by atoms with van der Waals surface area (Å²) in [5.41, 5.74) is 4.12. The molecule has 0 bridgehead atoms. The highest BCUT2D eigenvalue weighted by Gasteiger charge is 2.26. The van der Waals surface area contributed by atoms with Gasteiger partial charge in [-0.3, -0.25) is 24.3 Å². The number of rotatable bonds is 4. The summed E-state index contributed by atoms with van der Waals surface area (Å²) in [7, 11) is 1.90. The number of amides is 2. The largest absolute Gasteiger partial charge is 0.342 e. The van der Waals surface area contributed by atoms with Crippen molar-refractivity contribution in [2.75, 3.05) is 45.8 Å². The molecule has 2 aliphatic heterocycles. The SMILES string of the molecule is Cc1nn(C)c(C)c1-c1cc(C(=O)N2CCN(CC(=O)N3CCCCCC3)CC2)[nH]n1. The first-order valence-electron chi connectivity index (χ1n) is 11.3. The summed E-state index contributed by atoms with van der Waals surface area (Å²) in [5.74, 6) is 0.179. The summed E-state index contributed by atoms with van der Waals surface area (Å²) >= 11 is 0. The van der Waals surface area contributed by atoms with Crippen molar-refractivity contribution in [3.05, 3.63) is 23.1 Å². The molecule has 9 heteroatoms. The molecular weight excluding hydrogens is 394 g/mol. The number of likely N-dealkylation sites (tertiary alicyclic amines) is 1. The lowest BCUT2D eigenvalue weighted by Gasteiger charge is -2.35. The number of nitrogens with one attached hydrogen (secondary N) is 1. The molecule has 1 N–H and O–H groups in total. The first-order valence-corrected chi connectivity index (χ1v) is 11.3. The maximum atomic E-state index is 13.0. The Labute approximate surface area is 183 Å². The van der Waals surface area contributed by atoms with Crippen LogP contribution in [-0.2, 0) is 11.8 Å². The van der Waals surface area contributed by atoms with E-state index in [0.717, 1.165) is 48.6 Å². The number of carbonyl (C=O) groups excluding carboxylic acids is 2. The summed E-state index contributed by atoms with van der Waals surface area (Å²) in [6.07, 6.45) is 4.66. The molecule has 2 amide bonds. The van der Waals surface area contributed by atoms with Crippen molar-refractivity contribution in [1.29, 1.82) is 0 Å². The van der Waals surface area contributed by atoms with Crippen LogP contribution < -0.4 is 0 Å². The van der Waals surface area contributed by atoms with Crippen LogP contribution in [0.5, 0.6) is 0 Å². The maximum Gasteiger partial charge on any atom is 0.271 e. The van der Waals surface area contributed by atoms with Crippen LogP contribution in [0, 0.1) is 13.8 Å². The van der Waals surface area contributed by atoms with Crippen molar-refractivity contribution in [3.63, 3.8) is 0 Å². The molecule has 0 atom stereocenters. The van der Waals surface area contributed by atoms with Gasteiger partial charge in [0.25, 0.3) is 5.91 Å². The minimum absolute atomic E-state index is 0.0450. The molecule has 2 fully saturated rings. The Kier molecular flexibility index (Phi) is 6.41. The van der Waals surface area contributed by atoms with E-state index >= 15 is 0 Å². The van der Waals surface area contributed by atoms with Crippen molar-refractivity contribution in [3.8, 4) is 11.3 Å². The molecule has 2 aromatic rings. The molecule has 4 rings (SSSR count). The number of aryl methyl sites for hydroxylation is 2. The zero-order valence-electron chi connectivity index (χ0n) is 18.9. The second-order valence-electron chi connectivity index (χ2n) is 8.70. The molecule has 168 valence electrons. The van der Waals surface area contributed by atoms with E-state index in [0.29, 0.717) is 38.4 Å². The molecule has 31 heavy (non-hydrogen) atoms. The first-order chi connectivity index (χ1) is 14.9. The number of piperazine rings is 1. The van der Waals surface area contributed by atoms with Crippen LogP contribution in [0.1, 0.15) is 47.6 Å². The third kappa shape index (κ3) is 4.66. The Balaban J connectivity index is 1.32. The van der Waals surface area contributed by atoms with Crippen LogP contribution in [0.2, 0.25) is 0 Å². The van der Waals surface area contributed by atoms with Crippen LogP contribution in [0.25, 0.3) is 11.3 Å². The summed E-state index contributed by atoms with van der Waals surface area (Å²) in [6.45, 7) is 8.83. The van der Waals surface area contributed by atoms with E-state index < -0.39 is 0 Å². The van der Waals surface area contributed by atoms with Gasteiger partial charge >= 0.3 is 0 Å². The molecular formula is C22H33N7O2. The summed E-state index contributed by atoms with van der Waals surface area (Å²) in [4.78, 5) is 31.6. The van der Waals surface area contributed by atoms with Crippen LogP contribution in [0.3, 0.4) is 0 Å². The summed E-state index contributed by atoms with van der Waals surface area (Å²) < 4.78 is 1.83. The smallest absolute Gasteiger partial charge is 0.271 e. The Bertz CT molecular complexity index is 932. The summed E-state index contributed by atoms with van der Waals surface area (Å²) in [5, 5.41) is 11.7. The van der Waals surface area contributed by atoms with Gasteiger partial charge in [-0.2, -0.15) is 10.2 Å². The van der Waals surface area contributed by atoms with Gasteiger partial charge in [-0.15, -0.1) is 0 Å². The standard InChI is InChI=1S/C22H33N7O2/c1-16-21(17(2)26(3)25-16)18-14-19(24-23-18)22(31)29-12-10-27(11-13-29)15-20(30)28-8-6-4-5-7-9-28/h14H,4-13,15H2,1-3H3,(H,23,24). The van der Waals surface area contributed by atoms with E-state index in [1.54, 1.807) is 0 Å². The van der Waals surface area contributed by atoms with E-state index in [2.05, 4.69) is 20.2 Å². The lowest BCUT2D eigenvalue weighted by atomic mass is 10.1. The van der Waals surface area contributed by atoms with Gasteiger partial charge in [0.15, 0.2) is 0 Å². The van der Waals surface area contributed by atoms with Gasteiger partial charge in [0, 0.05) is 57.6 Å². The van der Waals surface area contributed by atoms with Gasteiger partial charge in [-0.25, -0.2) is 0 Å². The van der Waals surface area contributed by atoms with Gasteiger partial charge in [-0.05, 0) is 32.8 Å². The minimum atomic E-state index is -0.0450. The third-order valence-corrected chi connectivity index (χ3v) is 6.55. The Morgan fingerprint density at radius 2 is 1.65 bits per heavy atom. The zero-order chi connectivity index (χ0) is 22.0. The van der Waals surface area contributed by atoms with Crippen molar-refractivity contribution < 1.29 is 9.59 Å². The van der Waals surface area contributed by atoms with Crippen LogP contribution in [-0.4, -0.2) is 92.3 Å². The molecule has 0 unspecified atom stereocenters. The average molecular weight is 428 g/mol. The number of aromatic nitrogens is 4. The molecule has 4 heterocycles. The fourth-order valence-corrected chi connectivity index (χ4v) is 4.59. The van der Waals surface area contributed by atoms with E-state index in [9.17, 15) is 9.59 Å². The van der Waals surface area contributed by atoms with Gasteiger partial charge in [0.2, 0.25) is 5.91 Å². The van der Waals surface area contributed by atoms with Crippen LogP contribution >= 0.6 is 0 Å². The molecule has 0 aliphatic carbocycles. The van der Waals surface area contributed by atoms with E-state index in [-0.39, 0.29) is 11.8 Å². The molecule has 2 aliphatic rings. The number of carbonyl (C=O) groups is 2. The molecule has 2 saturated heterocycles. The normalized spacial score (nSPS) is 18.3. The number of hydrogen-bond donors (Lipinski definition) is 1. The lowest BCUT2D eigenvalue weighted by Crippen LogP contribution is -2.51. The number of hydrogen-bond acceptors (Lipinski definition) is 5. The molecule has 0 aromatic carbocycles. The fraction of sp³-hybridized carbons (Fsp3) is 0.636. The topological polar surface area (TPSA) is 90.4 Å². The van der Waals surface area contributed by atoms with E-state index in [1.807, 2.05) is 41.4 Å². The number of nitrogens with zero attached hydrogens (tertiary/aromatic N) is 6. The summed E-state index contributed by atoms with van der Waals surface area (Å²) in [6, 6.07) is 1.81. The molecule has 0 spiro atoms. The Morgan fingerprint density at radius 1 is 0.968 bits per heavy atom. The first kappa shape index (κ1) is 21.5. The predicted molar refractivity (Wildman–Crippen MR) is 118 cm³/mol. The number of aromatic amines is 1. The maximum absolute atomic E-state index is 13.0. The van der Waals surface area contributed by atoms with Gasteiger partial charge < -0.3 is 9.80 Å². The van der Waals surface area contributed by atoms with E-state index in [1.165, 1.54) is 12.8 Å². The molecule has 9 nitrogen and oxygen atoms in total. The van der Waals surface area contributed by atoms with Crippen molar-refractivity contribution in [2.24, 2.45) is 7.05 Å². The van der Waals surface area contributed by atoms with Crippen molar-refractivity contribution >= 4 is 11.8 Å². The minimum Gasteiger partial charge on any atom is -0.342 e. The van der Waals surface area contributed by atoms with Gasteiger partial charge in [0.05, 0.1) is 17.9 Å². The zero-order valence-corrected chi connectivity index (χ0v) is 18.9. The van der Waals surface area contributed by atoms with E-state index in [4.69, 9.17) is 0 Å². The highest BCUT2D eigenvalue weighted by molar-refractivity contribution is 5.93. The average Bonchev–Trinajstić information content (AvgIpc) is 3.20. The molecule has 0 saturated carbocycles. The quantitative estimate of drug-likeness (QED) is 0.800. The highest BCUT2D eigenvalue weighted by atomic mass is 16.2. The lowest BCUT2D eigenvalue weighted by molar-refractivity contribution is -0.132. The second kappa shape index (κ2) is 9.21. The number of H-pyrrole nitrogens is 1. The highest BCUT2D eigenvalue weighted by Crippen LogP contribution is 2.25. The van der Waals surface area contributed by atoms with Crippen molar-refractivity contribution in [2.45, 2.75) is 39.5 Å². The third-order valence-electron chi connectivity index (χ3n) is 6.55. The Hall–Kier alpha value is -2.68. The predicted octanol–water partition coefficient (Wildman–Crippen LogP) is 1.59. The van der Waals surface area contributed by atoms with Crippen LogP contribution in [0.4, 0.5) is 0 Å². The fourth-order valence-electron chi connectivity index (χ4n) is 4.59. The molecule has 0 radical (unpaired) electrons. The van der Waals surface area contributed by atoms with Crippen molar-refractivity contribution in [1.82, 2.24) is 34.7 Å². The second-order valence-corrected chi connectivity index (χ2v) is 8.70.